The van der Waals surface area contributed by atoms with Gasteiger partial charge in [0.1, 0.15) is 0 Å². The van der Waals surface area contributed by atoms with Gasteiger partial charge < -0.3 is 25.2 Å². The number of ether oxygens (including phenoxy) is 1. The first kappa shape index (κ1) is 14.7. The summed E-state index contributed by atoms with van der Waals surface area (Å²) < 4.78 is 4.92. The van der Waals surface area contributed by atoms with Gasteiger partial charge >= 0.3 is 0 Å². The highest BCUT2D eigenvalue weighted by Gasteiger charge is 2.38. The number of carbonyl (C=O) groups excluding carboxylic acids is 2. The second kappa shape index (κ2) is 4.64. The lowest BCUT2D eigenvalue weighted by molar-refractivity contribution is 0.0972. The zero-order valence-electron chi connectivity index (χ0n) is 12.2. The molecule has 0 atom stereocenters. The average molecular weight is 316 g/mol. The van der Waals surface area contributed by atoms with E-state index in [4.69, 9.17) is 4.74 Å². The quantitative estimate of drug-likeness (QED) is 0.503. The van der Waals surface area contributed by atoms with Gasteiger partial charge in [-0.25, -0.2) is 0 Å². The maximum Gasteiger partial charge on any atom is 0.202 e. The minimum atomic E-state index is -0.797. The van der Waals surface area contributed by atoms with Crippen LogP contribution in [0.5, 0.6) is 28.7 Å². The SMILES string of the molecule is COc1c(O)c(O)cc2c1C(=O)c1c(cc(C)c(O)c1O)C2=O. The number of carbonyl (C=O) groups is 2. The Morgan fingerprint density at radius 1 is 0.826 bits per heavy atom. The highest BCUT2D eigenvalue weighted by molar-refractivity contribution is 6.31. The number of phenols is 4. The molecule has 0 unspecified atom stereocenters. The Bertz CT molecular complexity index is 896. The van der Waals surface area contributed by atoms with Crippen molar-refractivity contribution in [2.75, 3.05) is 7.11 Å². The number of aromatic hydroxyl groups is 4. The number of phenolic OH excluding ortho intramolecular Hbond substituents is 4. The molecule has 3 rings (SSSR count). The summed E-state index contributed by atoms with van der Waals surface area (Å²) in [6, 6.07) is 2.25. The van der Waals surface area contributed by atoms with Crippen LogP contribution in [-0.4, -0.2) is 39.1 Å². The Labute approximate surface area is 130 Å². The maximum atomic E-state index is 12.7. The Hall–Kier alpha value is -3.22. The molecule has 23 heavy (non-hydrogen) atoms. The zero-order chi connectivity index (χ0) is 17.0. The molecule has 1 aliphatic rings. The van der Waals surface area contributed by atoms with Gasteiger partial charge in [-0.1, -0.05) is 0 Å². The highest BCUT2D eigenvalue weighted by atomic mass is 16.5. The summed E-state index contributed by atoms with van der Waals surface area (Å²) >= 11 is 0. The van der Waals surface area contributed by atoms with E-state index in [-0.39, 0.29) is 33.6 Å². The van der Waals surface area contributed by atoms with E-state index in [1.54, 1.807) is 0 Å². The molecule has 0 spiro atoms. The monoisotopic (exact) mass is 316 g/mol. The lowest BCUT2D eigenvalue weighted by Crippen LogP contribution is -2.22. The number of fused-ring (bicyclic) bond motifs is 2. The van der Waals surface area contributed by atoms with Crippen molar-refractivity contribution < 1.29 is 34.8 Å². The average Bonchev–Trinajstić information content (AvgIpc) is 2.51. The second-order valence-corrected chi connectivity index (χ2v) is 5.17. The van der Waals surface area contributed by atoms with Crippen LogP contribution in [0.1, 0.15) is 37.4 Å². The number of ketones is 2. The van der Waals surface area contributed by atoms with Crippen LogP contribution in [0.2, 0.25) is 0 Å². The molecule has 0 aromatic heterocycles. The summed E-state index contributed by atoms with van der Waals surface area (Å²) in [6.07, 6.45) is 0. The minimum absolute atomic E-state index is 0.0950. The van der Waals surface area contributed by atoms with Crippen LogP contribution in [0.25, 0.3) is 0 Å². The van der Waals surface area contributed by atoms with Gasteiger partial charge in [0.15, 0.2) is 28.8 Å². The first-order valence-corrected chi connectivity index (χ1v) is 6.57. The van der Waals surface area contributed by atoms with Crippen molar-refractivity contribution in [3.05, 3.63) is 39.9 Å². The van der Waals surface area contributed by atoms with Crippen molar-refractivity contribution in [3.63, 3.8) is 0 Å². The van der Waals surface area contributed by atoms with Crippen LogP contribution in [0.4, 0.5) is 0 Å². The number of methoxy groups -OCH3 is 1. The van der Waals surface area contributed by atoms with E-state index in [2.05, 4.69) is 0 Å². The fourth-order valence-electron chi connectivity index (χ4n) is 2.71. The van der Waals surface area contributed by atoms with Crippen LogP contribution in [-0.2, 0) is 0 Å². The molecule has 0 radical (unpaired) electrons. The second-order valence-electron chi connectivity index (χ2n) is 5.17. The lowest BCUT2D eigenvalue weighted by Gasteiger charge is -2.22. The van der Waals surface area contributed by atoms with Crippen molar-refractivity contribution in [1.82, 2.24) is 0 Å². The Morgan fingerprint density at radius 3 is 2.04 bits per heavy atom. The standard InChI is InChI=1S/C16H12O7/c1-5-3-6-9(15(22)11(5)18)14(21)10-7(12(6)19)4-8(17)13(20)16(10)23-2/h3-4,17-18,20,22H,1-2H3. The molecule has 0 heterocycles. The highest BCUT2D eigenvalue weighted by Crippen LogP contribution is 2.47. The van der Waals surface area contributed by atoms with Gasteiger partial charge in [0.25, 0.3) is 0 Å². The maximum absolute atomic E-state index is 12.7. The molecule has 118 valence electrons. The largest absolute Gasteiger partial charge is 0.504 e. The van der Waals surface area contributed by atoms with Crippen molar-refractivity contribution in [1.29, 1.82) is 0 Å². The fourth-order valence-corrected chi connectivity index (χ4v) is 2.71. The van der Waals surface area contributed by atoms with Crippen molar-refractivity contribution in [2.24, 2.45) is 0 Å². The third-order valence-electron chi connectivity index (χ3n) is 3.85. The molecule has 7 heteroatoms. The summed E-state index contributed by atoms with van der Waals surface area (Å²) in [5, 5.41) is 39.4. The molecule has 0 fully saturated rings. The predicted octanol–water partition coefficient (Wildman–Crippen LogP) is 1.60. The third kappa shape index (κ3) is 1.76. The number of hydrogen-bond donors (Lipinski definition) is 4. The van der Waals surface area contributed by atoms with E-state index in [0.29, 0.717) is 0 Å². The van der Waals surface area contributed by atoms with Crippen LogP contribution in [0.3, 0.4) is 0 Å². The van der Waals surface area contributed by atoms with Crippen LogP contribution in [0.15, 0.2) is 12.1 Å². The predicted molar refractivity (Wildman–Crippen MR) is 77.7 cm³/mol. The van der Waals surface area contributed by atoms with E-state index >= 15 is 0 Å². The summed E-state index contributed by atoms with van der Waals surface area (Å²) in [5.41, 5.74) is -0.671. The molecule has 0 aliphatic heterocycles. The van der Waals surface area contributed by atoms with Crippen LogP contribution in [0, 0.1) is 6.92 Å². The molecule has 2 aromatic rings. The molecule has 4 N–H and O–H groups in total. The molecule has 7 nitrogen and oxygen atoms in total. The van der Waals surface area contributed by atoms with Crippen molar-refractivity contribution in [2.45, 2.75) is 6.92 Å². The van der Waals surface area contributed by atoms with Crippen molar-refractivity contribution >= 4 is 11.6 Å². The Morgan fingerprint density at radius 2 is 1.43 bits per heavy atom. The molecule has 0 bridgehead atoms. The minimum Gasteiger partial charge on any atom is -0.504 e. The van der Waals surface area contributed by atoms with E-state index in [1.165, 1.54) is 13.0 Å². The zero-order valence-corrected chi connectivity index (χ0v) is 12.2. The van der Waals surface area contributed by atoms with Gasteiger partial charge in [-0.2, -0.15) is 0 Å². The number of benzene rings is 2. The van der Waals surface area contributed by atoms with Gasteiger partial charge in [-0.3, -0.25) is 9.59 Å². The Balaban J connectivity index is 2.43. The van der Waals surface area contributed by atoms with Crippen molar-refractivity contribution in [3.8, 4) is 28.7 Å². The summed E-state index contributed by atoms with van der Waals surface area (Å²) in [5.74, 6) is -4.31. The first-order chi connectivity index (χ1) is 10.8. The summed E-state index contributed by atoms with van der Waals surface area (Å²) in [7, 11) is 1.16. The smallest absolute Gasteiger partial charge is 0.202 e. The van der Waals surface area contributed by atoms with Crippen LogP contribution >= 0.6 is 0 Å². The van der Waals surface area contributed by atoms with Crippen LogP contribution < -0.4 is 4.74 Å². The fraction of sp³-hybridized carbons (Fsp3) is 0.125. The molecule has 0 amide bonds. The topological polar surface area (TPSA) is 124 Å². The summed E-state index contributed by atoms with van der Waals surface area (Å²) in [6.45, 7) is 1.47. The van der Waals surface area contributed by atoms with Gasteiger partial charge in [0.05, 0.1) is 18.2 Å². The molecular weight excluding hydrogens is 304 g/mol. The first-order valence-electron chi connectivity index (χ1n) is 6.57. The lowest BCUT2D eigenvalue weighted by atomic mass is 9.81. The van der Waals surface area contributed by atoms with Gasteiger partial charge in [-0.05, 0) is 24.6 Å². The van der Waals surface area contributed by atoms with Gasteiger partial charge in [0.2, 0.25) is 11.5 Å². The number of rotatable bonds is 1. The van der Waals surface area contributed by atoms with Gasteiger partial charge in [0, 0.05) is 11.1 Å². The molecule has 0 saturated carbocycles. The summed E-state index contributed by atoms with van der Waals surface area (Å²) in [4.78, 5) is 25.3. The number of aryl methyl sites for hydroxylation is 1. The molecule has 0 saturated heterocycles. The normalized spacial score (nSPS) is 12.8. The van der Waals surface area contributed by atoms with E-state index in [1.807, 2.05) is 0 Å². The third-order valence-corrected chi connectivity index (χ3v) is 3.85. The van der Waals surface area contributed by atoms with E-state index < -0.39 is 34.6 Å². The molecular formula is C16H12O7. The Kier molecular flexibility index (Phi) is 2.97. The van der Waals surface area contributed by atoms with Gasteiger partial charge in [-0.15, -0.1) is 0 Å². The molecule has 2 aromatic carbocycles. The number of hydrogen-bond acceptors (Lipinski definition) is 7. The van der Waals surface area contributed by atoms with E-state index in [9.17, 15) is 30.0 Å². The van der Waals surface area contributed by atoms with E-state index in [0.717, 1.165) is 13.2 Å². The molecule has 1 aliphatic carbocycles.